The number of benzene rings is 1. The minimum absolute atomic E-state index is 0.0446. The summed E-state index contributed by atoms with van der Waals surface area (Å²) in [6.45, 7) is 10.1. The standard InChI is InChI=1S/C17H30N2O2/c1-6-18-13-15-9-7-8-10-16(15)21-12-11-20-14-17(2,3)19(4)5/h7-10,18H,6,11-14H2,1-5H3. The van der Waals surface area contributed by atoms with Gasteiger partial charge < -0.3 is 19.7 Å². The lowest BCUT2D eigenvalue weighted by atomic mass is 10.1. The summed E-state index contributed by atoms with van der Waals surface area (Å²) in [5.74, 6) is 0.939. The maximum absolute atomic E-state index is 5.83. The van der Waals surface area contributed by atoms with E-state index in [-0.39, 0.29) is 5.54 Å². The fraction of sp³-hybridized carbons (Fsp3) is 0.647. The maximum atomic E-state index is 5.83. The molecule has 0 radical (unpaired) electrons. The number of likely N-dealkylation sites (N-methyl/N-ethyl adjacent to an activating group) is 1. The molecule has 1 rings (SSSR count). The quantitative estimate of drug-likeness (QED) is 0.672. The van der Waals surface area contributed by atoms with E-state index < -0.39 is 0 Å². The van der Waals surface area contributed by atoms with E-state index in [0.717, 1.165) is 18.8 Å². The molecule has 0 unspecified atom stereocenters. The van der Waals surface area contributed by atoms with Crippen LogP contribution in [0.5, 0.6) is 5.75 Å². The highest BCUT2D eigenvalue weighted by atomic mass is 16.5. The molecule has 1 aromatic rings. The molecule has 0 atom stereocenters. The van der Waals surface area contributed by atoms with Gasteiger partial charge in [0.2, 0.25) is 0 Å². The Morgan fingerprint density at radius 2 is 1.86 bits per heavy atom. The number of ether oxygens (including phenoxy) is 2. The SMILES string of the molecule is CCNCc1ccccc1OCCOCC(C)(C)N(C)C. The van der Waals surface area contributed by atoms with Crippen molar-refractivity contribution >= 4 is 0 Å². The summed E-state index contributed by atoms with van der Waals surface area (Å²) in [6, 6.07) is 8.14. The largest absolute Gasteiger partial charge is 0.491 e. The fourth-order valence-corrected chi connectivity index (χ4v) is 1.71. The first-order valence-electron chi connectivity index (χ1n) is 7.64. The van der Waals surface area contributed by atoms with E-state index >= 15 is 0 Å². The third-order valence-corrected chi connectivity index (χ3v) is 3.69. The van der Waals surface area contributed by atoms with Crippen molar-refractivity contribution in [2.45, 2.75) is 32.9 Å². The molecule has 0 amide bonds. The highest BCUT2D eigenvalue weighted by Gasteiger charge is 2.20. The van der Waals surface area contributed by atoms with Crippen LogP contribution in [0.1, 0.15) is 26.3 Å². The second-order valence-electron chi connectivity index (χ2n) is 6.00. The molecule has 1 N–H and O–H groups in total. The van der Waals surface area contributed by atoms with Crippen molar-refractivity contribution < 1.29 is 9.47 Å². The lowest BCUT2D eigenvalue weighted by Crippen LogP contribution is -2.42. The molecule has 0 spiro atoms. The Morgan fingerprint density at radius 3 is 2.52 bits per heavy atom. The molecule has 0 fully saturated rings. The number of hydrogen-bond donors (Lipinski definition) is 1. The number of hydrogen-bond acceptors (Lipinski definition) is 4. The Hall–Kier alpha value is -1.10. The Bertz CT molecular complexity index is 406. The number of nitrogens with one attached hydrogen (secondary N) is 1. The van der Waals surface area contributed by atoms with Crippen LogP contribution < -0.4 is 10.1 Å². The van der Waals surface area contributed by atoms with E-state index in [2.05, 4.69) is 51.1 Å². The topological polar surface area (TPSA) is 33.7 Å². The van der Waals surface area contributed by atoms with Crippen LogP contribution in [0.25, 0.3) is 0 Å². The van der Waals surface area contributed by atoms with E-state index in [1.807, 2.05) is 18.2 Å². The van der Waals surface area contributed by atoms with Crippen LogP contribution in [0.15, 0.2) is 24.3 Å². The number of nitrogens with zero attached hydrogens (tertiary/aromatic N) is 1. The monoisotopic (exact) mass is 294 g/mol. The minimum Gasteiger partial charge on any atom is -0.491 e. The summed E-state index contributed by atoms with van der Waals surface area (Å²) >= 11 is 0. The highest BCUT2D eigenvalue weighted by molar-refractivity contribution is 5.33. The minimum atomic E-state index is 0.0446. The molecular formula is C17H30N2O2. The van der Waals surface area contributed by atoms with E-state index in [0.29, 0.717) is 19.8 Å². The van der Waals surface area contributed by atoms with Crippen LogP contribution in [0.3, 0.4) is 0 Å². The average molecular weight is 294 g/mol. The first-order valence-corrected chi connectivity index (χ1v) is 7.64. The van der Waals surface area contributed by atoms with Gasteiger partial charge in [0.1, 0.15) is 12.4 Å². The smallest absolute Gasteiger partial charge is 0.123 e. The van der Waals surface area contributed by atoms with Gasteiger partial charge in [0.25, 0.3) is 0 Å². The molecule has 0 aliphatic carbocycles. The van der Waals surface area contributed by atoms with Gasteiger partial charge >= 0.3 is 0 Å². The molecule has 0 aromatic heterocycles. The second kappa shape index (κ2) is 9.03. The summed E-state index contributed by atoms with van der Waals surface area (Å²) in [4.78, 5) is 2.17. The predicted octanol–water partition coefficient (Wildman–Crippen LogP) is 2.53. The van der Waals surface area contributed by atoms with E-state index in [4.69, 9.17) is 9.47 Å². The van der Waals surface area contributed by atoms with Gasteiger partial charge in [-0.1, -0.05) is 25.1 Å². The summed E-state index contributed by atoms with van der Waals surface area (Å²) < 4.78 is 11.6. The van der Waals surface area contributed by atoms with Gasteiger partial charge in [0.15, 0.2) is 0 Å². The van der Waals surface area contributed by atoms with Gasteiger partial charge in [0, 0.05) is 17.6 Å². The Kier molecular flexibility index (Phi) is 7.72. The van der Waals surface area contributed by atoms with Crippen molar-refractivity contribution in [2.24, 2.45) is 0 Å². The molecule has 0 heterocycles. The Labute approximate surface area is 129 Å². The van der Waals surface area contributed by atoms with Crippen molar-refractivity contribution in [1.29, 1.82) is 0 Å². The van der Waals surface area contributed by atoms with Gasteiger partial charge in [-0.25, -0.2) is 0 Å². The van der Waals surface area contributed by atoms with E-state index in [1.165, 1.54) is 5.56 Å². The van der Waals surface area contributed by atoms with Crippen LogP contribution in [-0.2, 0) is 11.3 Å². The van der Waals surface area contributed by atoms with Crippen molar-refractivity contribution in [3.05, 3.63) is 29.8 Å². The van der Waals surface area contributed by atoms with Crippen LogP contribution in [0.4, 0.5) is 0 Å². The molecule has 120 valence electrons. The van der Waals surface area contributed by atoms with Gasteiger partial charge in [-0.15, -0.1) is 0 Å². The van der Waals surface area contributed by atoms with Crippen molar-refractivity contribution in [2.75, 3.05) is 40.5 Å². The van der Waals surface area contributed by atoms with Gasteiger partial charge in [-0.3, -0.25) is 0 Å². The molecule has 21 heavy (non-hydrogen) atoms. The van der Waals surface area contributed by atoms with E-state index in [9.17, 15) is 0 Å². The van der Waals surface area contributed by atoms with Crippen LogP contribution in [-0.4, -0.2) is 50.9 Å². The average Bonchev–Trinajstić information content (AvgIpc) is 2.45. The van der Waals surface area contributed by atoms with Crippen LogP contribution in [0, 0.1) is 0 Å². The molecule has 0 saturated heterocycles. The third-order valence-electron chi connectivity index (χ3n) is 3.69. The molecule has 0 aliphatic heterocycles. The first-order chi connectivity index (χ1) is 9.97. The van der Waals surface area contributed by atoms with Gasteiger partial charge in [-0.05, 0) is 40.6 Å². The van der Waals surface area contributed by atoms with Crippen molar-refractivity contribution in [3.8, 4) is 5.75 Å². The number of para-hydroxylation sites is 1. The summed E-state index contributed by atoms with van der Waals surface area (Å²) in [5.41, 5.74) is 1.23. The zero-order valence-corrected chi connectivity index (χ0v) is 14.1. The highest BCUT2D eigenvalue weighted by Crippen LogP contribution is 2.17. The van der Waals surface area contributed by atoms with Crippen LogP contribution in [0.2, 0.25) is 0 Å². The lowest BCUT2D eigenvalue weighted by Gasteiger charge is -2.32. The summed E-state index contributed by atoms with van der Waals surface area (Å²) in [7, 11) is 4.13. The van der Waals surface area contributed by atoms with Crippen molar-refractivity contribution in [3.63, 3.8) is 0 Å². The molecular weight excluding hydrogens is 264 g/mol. The normalized spacial score (nSPS) is 11.9. The van der Waals surface area contributed by atoms with E-state index in [1.54, 1.807) is 0 Å². The second-order valence-corrected chi connectivity index (χ2v) is 6.00. The molecule has 4 nitrogen and oxygen atoms in total. The molecule has 0 saturated carbocycles. The van der Waals surface area contributed by atoms with Crippen LogP contribution >= 0.6 is 0 Å². The third kappa shape index (κ3) is 6.46. The molecule has 1 aromatic carbocycles. The molecule has 0 aliphatic rings. The lowest BCUT2D eigenvalue weighted by molar-refractivity contribution is 0.0235. The molecule has 0 bridgehead atoms. The summed E-state index contributed by atoms with van der Waals surface area (Å²) in [6.07, 6.45) is 0. The predicted molar refractivity (Wildman–Crippen MR) is 87.9 cm³/mol. The van der Waals surface area contributed by atoms with Crippen molar-refractivity contribution in [1.82, 2.24) is 10.2 Å². The maximum Gasteiger partial charge on any atom is 0.123 e. The first kappa shape index (κ1) is 18.0. The van der Waals surface area contributed by atoms with Gasteiger partial charge in [0.05, 0.1) is 13.2 Å². The Balaban J connectivity index is 2.33. The summed E-state index contributed by atoms with van der Waals surface area (Å²) in [5, 5.41) is 3.32. The molecule has 4 heteroatoms. The zero-order valence-electron chi connectivity index (χ0n) is 14.1. The fourth-order valence-electron chi connectivity index (χ4n) is 1.71. The Morgan fingerprint density at radius 1 is 1.14 bits per heavy atom. The number of rotatable bonds is 10. The zero-order chi connectivity index (χ0) is 15.7. The van der Waals surface area contributed by atoms with Gasteiger partial charge in [-0.2, -0.15) is 0 Å².